The second kappa shape index (κ2) is 4.87. The van der Waals surface area contributed by atoms with Crippen LogP contribution in [0.15, 0.2) is 0 Å². The minimum atomic E-state index is -0.468. The molecule has 102 valence electrons. The summed E-state index contributed by atoms with van der Waals surface area (Å²) in [6.07, 6.45) is 1.54. The molecular formula is C13H14Br2N2OS. The maximum atomic E-state index is 12.3. The van der Waals surface area contributed by atoms with Crippen molar-refractivity contribution in [1.82, 2.24) is 0 Å². The summed E-state index contributed by atoms with van der Waals surface area (Å²) in [6.45, 7) is 5.91. The Morgan fingerprint density at radius 1 is 1.58 bits per heavy atom. The average Bonchev–Trinajstić information content (AvgIpc) is 2.71. The van der Waals surface area contributed by atoms with Crippen LogP contribution in [0.4, 0.5) is 5.00 Å². The Bertz CT molecular complexity index is 588. The molecule has 0 radical (unpaired) electrons. The van der Waals surface area contributed by atoms with Crippen LogP contribution < -0.4 is 5.32 Å². The zero-order valence-electron chi connectivity index (χ0n) is 10.9. The summed E-state index contributed by atoms with van der Waals surface area (Å²) in [7, 11) is 0. The molecule has 0 aliphatic heterocycles. The van der Waals surface area contributed by atoms with Crippen molar-refractivity contribution in [3.05, 3.63) is 16.0 Å². The molecule has 0 aromatic carbocycles. The molecule has 1 N–H and O–H groups in total. The number of halogens is 2. The fourth-order valence-electron chi connectivity index (χ4n) is 2.10. The highest BCUT2D eigenvalue weighted by Gasteiger charge is 2.66. The predicted molar refractivity (Wildman–Crippen MR) is 85.1 cm³/mol. The molecule has 1 aromatic rings. The van der Waals surface area contributed by atoms with Gasteiger partial charge in [-0.25, -0.2) is 0 Å². The van der Waals surface area contributed by atoms with Gasteiger partial charge in [-0.15, -0.1) is 11.3 Å². The number of carbonyl (C=O) groups excluding carboxylic acids is 1. The number of aryl methyl sites for hydroxylation is 1. The van der Waals surface area contributed by atoms with Crippen LogP contribution in [0.5, 0.6) is 0 Å². The van der Waals surface area contributed by atoms with Crippen molar-refractivity contribution in [2.75, 3.05) is 5.32 Å². The molecule has 1 amide bonds. The maximum absolute atomic E-state index is 12.3. The van der Waals surface area contributed by atoms with Crippen molar-refractivity contribution >= 4 is 54.1 Å². The summed E-state index contributed by atoms with van der Waals surface area (Å²) in [5.74, 6) is -0.0540. The van der Waals surface area contributed by atoms with E-state index in [1.54, 1.807) is 0 Å². The molecule has 1 aliphatic rings. The number of alkyl halides is 2. The maximum Gasteiger partial charge on any atom is 0.233 e. The highest BCUT2D eigenvalue weighted by Crippen LogP contribution is 2.66. The van der Waals surface area contributed by atoms with Gasteiger partial charge in [0.1, 0.15) is 11.1 Å². The first kappa shape index (κ1) is 15.0. The van der Waals surface area contributed by atoms with E-state index in [-0.39, 0.29) is 9.14 Å². The smallest absolute Gasteiger partial charge is 0.233 e. The van der Waals surface area contributed by atoms with E-state index in [2.05, 4.69) is 43.2 Å². The van der Waals surface area contributed by atoms with Crippen molar-refractivity contribution in [1.29, 1.82) is 5.26 Å². The standard InChI is InChI=1S/C13H14Br2N2OS/c1-4-8-7(2)19-10(9(8)5-16)17-11(18)12(3)6-13(12,14)15/h4,6H2,1-3H3,(H,17,18)/t12-/m1/s1. The number of rotatable bonds is 3. The molecule has 1 aliphatic carbocycles. The van der Waals surface area contributed by atoms with Gasteiger partial charge in [0, 0.05) is 4.88 Å². The second-order valence-electron chi connectivity index (χ2n) is 4.97. The summed E-state index contributed by atoms with van der Waals surface area (Å²) in [6, 6.07) is 2.21. The number of nitrogens with zero attached hydrogens (tertiary/aromatic N) is 1. The molecule has 1 heterocycles. The largest absolute Gasteiger partial charge is 0.316 e. The molecule has 0 bridgehead atoms. The van der Waals surface area contributed by atoms with Gasteiger partial charge >= 0.3 is 0 Å². The lowest BCUT2D eigenvalue weighted by molar-refractivity contribution is -0.120. The Labute approximate surface area is 133 Å². The zero-order valence-corrected chi connectivity index (χ0v) is 14.9. The van der Waals surface area contributed by atoms with Gasteiger partial charge in [0.25, 0.3) is 0 Å². The Morgan fingerprint density at radius 2 is 2.16 bits per heavy atom. The van der Waals surface area contributed by atoms with Crippen LogP contribution in [0, 0.1) is 23.7 Å². The van der Waals surface area contributed by atoms with Gasteiger partial charge in [0.05, 0.1) is 14.2 Å². The molecule has 19 heavy (non-hydrogen) atoms. The minimum absolute atomic E-state index is 0.0540. The Hall–Kier alpha value is -0.380. The summed E-state index contributed by atoms with van der Waals surface area (Å²) in [5.41, 5.74) is 1.18. The van der Waals surface area contributed by atoms with E-state index in [1.165, 1.54) is 11.3 Å². The van der Waals surface area contributed by atoms with Gasteiger partial charge < -0.3 is 5.32 Å². The molecule has 2 rings (SSSR count). The molecule has 3 nitrogen and oxygen atoms in total. The predicted octanol–water partition coefficient (Wildman–Crippen LogP) is 4.33. The number of thiophene rings is 1. The highest BCUT2D eigenvalue weighted by atomic mass is 79.9. The third-order valence-corrected chi connectivity index (χ3v) is 7.03. The topological polar surface area (TPSA) is 52.9 Å². The lowest BCUT2D eigenvalue weighted by atomic mass is 10.1. The summed E-state index contributed by atoms with van der Waals surface area (Å²) < 4.78 is -0.316. The number of nitrogens with one attached hydrogen (secondary N) is 1. The Balaban J connectivity index is 2.26. The van der Waals surface area contributed by atoms with Gasteiger partial charge in [-0.1, -0.05) is 38.8 Å². The van der Waals surface area contributed by atoms with Crippen LogP contribution in [0.25, 0.3) is 0 Å². The van der Waals surface area contributed by atoms with Crippen LogP contribution in [-0.4, -0.2) is 9.14 Å². The van der Waals surface area contributed by atoms with Gasteiger partial charge in [-0.2, -0.15) is 5.26 Å². The summed E-state index contributed by atoms with van der Waals surface area (Å²) in [4.78, 5) is 13.4. The van der Waals surface area contributed by atoms with Crippen molar-refractivity contribution in [2.45, 2.75) is 36.8 Å². The molecule has 1 aromatic heterocycles. The van der Waals surface area contributed by atoms with E-state index in [9.17, 15) is 10.1 Å². The van der Waals surface area contributed by atoms with Gasteiger partial charge in [0.15, 0.2) is 0 Å². The zero-order chi connectivity index (χ0) is 14.4. The van der Waals surface area contributed by atoms with Crippen molar-refractivity contribution in [2.24, 2.45) is 5.41 Å². The average molecular weight is 406 g/mol. The normalized spacial score (nSPS) is 23.8. The lowest BCUT2D eigenvalue weighted by Crippen LogP contribution is -2.25. The Kier molecular flexibility index (Phi) is 3.85. The lowest BCUT2D eigenvalue weighted by Gasteiger charge is -2.12. The Morgan fingerprint density at radius 3 is 2.58 bits per heavy atom. The third-order valence-electron chi connectivity index (χ3n) is 3.66. The van der Waals surface area contributed by atoms with Gasteiger partial charge in [-0.3, -0.25) is 4.79 Å². The number of hydrogen-bond acceptors (Lipinski definition) is 3. The second-order valence-corrected chi connectivity index (χ2v) is 9.97. The van der Waals surface area contributed by atoms with E-state index in [0.717, 1.165) is 23.3 Å². The van der Waals surface area contributed by atoms with Crippen LogP contribution in [-0.2, 0) is 11.2 Å². The van der Waals surface area contributed by atoms with Crippen LogP contribution in [0.3, 0.4) is 0 Å². The quantitative estimate of drug-likeness (QED) is 0.761. The SMILES string of the molecule is CCc1c(C)sc(NC(=O)[C@@]2(C)CC2(Br)Br)c1C#N. The number of carbonyl (C=O) groups is 1. The number of hydrogen-bond donors (Lipinski definition) is 1. The van der Waals surface area contributed by atoms with Gasteiger partial charge in [0.2, 0.25) is 5.91 Å². The first-order valence-electron chi connectivity index (χ1n) is 5.98. The summed E-state index contributed by atoms with van der Waals surface area (Å²) in [5, 5.41) is 12.8. The number of amides is 1. The minimum Gasteiger partial charge on any atom is -0.316 e. The van der Waals surface area contributed by atoms with Crippen LogP contribution in [0.2, 0.25) is 0 Å². The highest BCUT2D eigenvalue weighted by molar-refractivity contribution is 9.25. The third kappa shape index (κ3) is 2.37. The monoisotopic (exact) mass is 404 g/mol. The first-order valence-corrected chi connectivity index (χ1v) is 8.38. The first-order chi connectivity index (χ1) is 8.76. The van der Waals surface area contributed by atoms with E-state index in [4.69, 9.17) is 0 Å². The molecule has 0 unspecified atom stereocenters. The summed E-state index contributed by atoms with van der Waals surface area (Å²) >= 11 is 8.45. The molecule has 0 saturated heterocycles. The van der Waals surface area contributed by atoms with Crippen LogP contribution in [0.1, 0.15) is 36.3 Å². The molecule has 1 fully saturated rings. The van der Waals surface area contributed by atoms with Crippen molar-refractivity contribution in [3.8, 4) is 6.07 Å². The van der Waals surface area contributed by atoms with Gasteiger partial charge in [-0.05, 0) is 32.3 Å². The van der Waals surface area contributed by atoms with E-state index >= 15 is 0 Å². The van der Waals surface area contributed by atoms with Crippen molar-refractivity contribution < 1.29 is 4.79 Å². The molecular weight excluding hydrogens is 392 g/mol. The molecule has 1 saturated carbocycles. The number of nitriles is 1. The van der Waals surface area contributed by atoms with E-state index in [1.807, 2.05) is 20.8 Å². The fraction of sp³-hybridized carbons (Fsp3) is 0.538. The molecule has 0 spiro atoms. The molecule has 1 atom stereocenters. The van der Waals surface area contributed by atoms with E-state index < -0.39 is 5.41 Å². The fourth-order valence-corrected chi connectivity index (χ4v) is 4.67. The van der Waals surface area contributed by atoms with Crippen molar-refractivity contribution in [3.63, 3.8) is 0 Å². The number of anilines is 1. The van der Waals surface area contributed by atoms with Crippen LogP contribution >= 0.6 is 43.2 Å². The van der Waals surface area contributed by atoms with E-state index in [0.29, 0.717) is 10.6 Å². The molecule has 6 heteroatoms.